The van der Waals surface area contributed by atoms with Crippen molar-refractivity contribution < 1.29 is 4.79 Å². The molecule has 0 saturated carbocycles. The fourth-order valence-electron chi connectivity index (χ4n) is 2.16. The smallest absolute Gasteiger partial charge is 0.246 e. The van der Waals surface area contributed by atoms with E-state index in [-0.39, 0.29) is 11.9 Å². The molecule has 1 heterocycles. The number of hydrogen-bond acceptors (Lipinski definition) is 2. The number of anilines is 1. The molecule has 0 aromatic heterocycles. The average molecular weight is 297 g/mol. The van der Waals surface area contributed by atoms with Crippen LogP contribution in [0, 0.1) is 0 Å². The summed E-state index contributed by atoms with van der Waals surface area (Å²) in [4.78, 5) is 11.9. The monoisotopic (exact) mass is 296 g/mol. The lowest BCUT2D eigenvalue weighted by Gasteiger charge is -2.19. The van der Waals surface area contributed by atoms with Crippen molar-refractivity contribution in [3.8, 4) is 0 Å². The van der Waals surface area contributed by atoms with Crippen LogP contribution in [0.2, 0.25) is 0 Å². The van der Waals surface area contributed by atoms with Crippen molar-refractivity contribution in [2.24, 2.45) is 0 Å². The lowest BCUT2D eigenvalue weighted by Crippen LogP contribution is -2.35. The number of fused-ring (bicyclic) bond motifs is 1. The minimum absolute atomic E-state index is 0.0463. The van der Waals surface area contributed by atoms with Crippen LogP contribution in [-0.4, -0.2) is 11.9 Å². The molecule has 1 aliphatic rings. The van der Waals surface area contributed by atoms with E-state index < -0.39 is 0 Å². The van der Waals surface area contributed by atoms with E-state index in [1.165, 1.54) is 0 Å². The summed E-state index contributed by atoms with van der Waals surface area (Å²) in [6, 6.07) is 6.10. The van der Waals surface area contributed by atoms with Gasteiger partial charge in [-0.2, -0.15) is 0 Å². The van der Waals surface area contributed by atoms with E-state index in [1.807, 2.05) is 18.2 Å². The van der Waals surface area contributed by atoms with E-state index in [0.717, 1.165) is 28.6 Å². The van der Waals surface area contributed by atoms with Gasteiger partial charge >= 0.3 is 0 Å². The quantitative estimate of drug-likeness (QED) is 0.896. The normalized spacial score (nSPS) is 18.4. The third-order valence-electron chi connectivity index (χ3n) is 3.23. The first-order chi connectivity index (χ1) is 8.15. The predicted octanol–water partition coefficient (Wildman–Crippen LogP) is 3.22. The average Bonchev–Trinajstić information content (AvgIpc) is 2.61. The highest BCUT2D eigenvalue weighted by Crippen LogP contribution is 2.33. The van der Waals surface area contributed by atoms with Crippen LogP contribution in [0.25, 0.3) is 0 Å². The third-order valence-corrected chi connectivity index (χ3v) is 3.73. The Hall–Kier alpha value is -0.870. The van der Waals surface area contributed by atoms with Crippen LogP contribution in [0.3, 0.4) is 0 Å². The summed E-state index contributed by atoms with van der Waals surface area (Å²) in [5.41, 5.74) is 1.96. The van der Waals surface area contributed by atoms with Crippen molar-refractivity contribution in [1.82, 2.24) is 5.32 Å². The Balaban J connectivity index is 2.22. The molecule has 1 aromatic rings. The fourth-order valence-corrected chi connectivity index (χ4v) is 2.52. The molecule has 2 N–H and O–H groups in total. The van der Waals surface area contributed by atoms with Crippen molar-refractivity contribution in [1.29, 1.82) is 0 Å². The molecule has 92 valence electrons. The van der Waals surface area contributed by atoms with E-state index in [9.17, 15) is 4.79 Å². The van der Waals surface area contributed by atoms with E-state index in [4.69, 9.17) is 0 Å². The molecule has 2 rings (SSSR count). The van der Waals surface area contributed by atoms with Gasteiger partial charge in [-0.3, -0.25) is 10.1 Å². The summed E-state index contributed by atoms with van der Waals surface area (Å²) in [6.07, 6.45) is 2.07. The predicted molar refractivity (Wildman–Crippen MR) is 73.0 cm³/mol. The number of rotatable bonds is 4. The first-order valence-corrected chi connectivity index (χ1v) is 6.81. The van der Waals surface area contributed by atoms with E-state index >= 15 is 0 Å². The fraction of sp³-hybridized carbons (Fsp3) is 0.462. The Bertz CT molecular complexity index is 429. The van der Waals surface area contributed by atoms with Gasteiger partial charge in [0.25, 0.3) is 0 Å². The highest BCUT2D eigenvalue weighted by atomic mass is 79.9. The van der Waals surface area contributed by atoms with Gasteiger partial charge in [0.1, 0.15) is 6.04 Å². The van der Waals surface area contributed by atoms with Gasteiger partial charge in [-0.05, 0) is 25.0 Å². The Morgan fingerprint density at radius 2 is 2.12 bits per heavy atom. The Morgan fingerprint density at radius 3 is 2.76 bits per heavy atom. The zero-order valence-corrected chi connectivity index (χ0v) is 11.7. The van der Waals surface area contributed by atoms with Gasteiger partial charge in [0.05, 0.1) is 0 Å². The third kappa shape index (κ3) is 2.53. The van der Waals surface area contributed by atoms with Crippen LogP contribution in [0.1, 0.15) is 38.3 Å². The molecule has 4 heteroatoms. The molecule has 0 bridgehead atoms. The lowest BCUT2D eigenvalue weighted by molar-refractivity contribution is -0.117. The van der Waals surface area contributed by atoms with Crippen LogP contribution in [0.4, 0.5) is 5.69 Å². The standard InChI is InChI=1S/C13H17BrN2O/c1-3-9(4-2)15-12-10-6-5-8(14)7-11(10)16-13(12)17/h5-7,9,12,15H,3-4H2,1-2H3,(H,16,17). The van der Waals surface area contributed by atoms with E-state index in [0.29, 0.717) is 6.04 Å². The van der Waals surface area contributed by atoms with E-state index in [1.54, 1.807) is 0 Å². The van der Waals surface area contributed by atoms with Crippen molar-refractivity contribution in [2.75, 3.05) is 5.32 Å². The SMILES string of the molecule is CCC(CC)NC1C(=O)Nc2cc(Br)ccc21. The summed E-state index contributed by atoms with van der Waals surface area (Å²) in [6.45, 7) is 4.27. The molecule has 17 heavy (non-hydrogen) atoms. The van der Waals surface area contributed by atoms with Gasteiger partial charge in [-0.15, -0.1) is 0 Å². The molecule has 0 radical (unpaired) electrons. The molecule has 3 nitrogen and oxygen atoms in total. The van der Waals surface area contributed by atoms with Gasteiger partial charge in [-0.25, -0.2) is 0 Å². The van der Waals surface area contributed by atoms with Gasteiger partial charge in [0.15, 0.2) is 0 Å². The highest BCUT2D eigenvalue weighted by Gasteiger charge is 2.31. The molecule has 0 saturated heterocycles. The second-order valence-corrected chi connectivity index (χ2v) is 5.25. The topological polar surface area (TPSA) is 41.1 Å². The van der Waals surface area contributed by atoms with Crippen LogP contribution < -0.4 is 10.6 Å². The lowest BCUT2D eigenvalue weighted by atomic mass is 10.1. The van der Waals surface area contributed by atoms with Crippen LogP contribution in [0.5, 0.6) is 0 Å². The maximum Gasteiger partial charge on any atom is 0.246 e. The molecule has 1 unspecified atom stereocenters. The van der Waals surface area contributed by atoms with Crippen molar-refractivity contribution in [2.45, 2.75) is 38.8 Å². The summed E-state index contributed by atoms with van der Waals surface area (Å²) in [5.74, 6) is 0.0463. The molecule has 1 atom stereocenters. The zero-order valence-electron chi connectivity index (χ0n) is 10.1. The molecule has 1 aliphatic heterocycles. The number of carbonyl (C=O) groups excluding carboxylic acids is 1. The number of halogens is 1. The zero-order chi connectivity index (χ0) is 12.4. The van der Waals surface area contributed by atoms with Gasteiger partial charge in [0.2, 0.25) is 5.91 Å². The van der Waals surface area contributed by atoms with Crippen molar-refractivity contribution >= 4 is 27.5 Å². The van der Waals surface area contributed by atoms with Crippen molar-refractivity contribution in [3.05, 3.63) is 28.2 Å². The summed E-state index contributed by atoms with van der Waals surface area (Å²) < 4.78 is 0.986. The van der Waals surface area contributed by atoms with Gasteiger partial charge in [0, 0.05) is 21.8 Å². The maximum atomic E-state index is 11.9. The number of amides is 1. The highest BCUT2D eigenvalue weighted by molar-refractivity contribution is 9.10. The Kier molecular flexibility index (Phi) is 3.84. The van der Waals surface area contributed by atoms with Crippen LogP contribution in [-0.2, 0) is 4.79 Å². The largest absolute Gasteiger partial charge is 0.324 e. The molecule has 0 spiro atoms. The maximum absolute atomic E-state index is 11.9. The first-order valence-electron chi connectivity index (χ1n) is 6.02. The summed E-state index contributed by atoms with van der Waals surface area (Å²) >= 11 is 3.41. The number of carbonyl (C=O) groups is 1. The molecule has 1 aromatic carbocycles. The van der Waals surface area contributed by atoms with Gasteiger partial charge < -0.3 is 5.32 Å². The summed E-state index contributed by atoms with van der Waals surface area (Å²) in [7, 11) is 0. The Morgan fingerprint density at radius 1 is 1.41 bits per heavy atom. The van der Waals surface area contributed by atoms with E-state index in [2.05, 4.69) is 40.4 Å². The number of hydrogen-bond donors (Lipinski definition) is 2. The Labute approximate surface area is 110 Å². The molecular weight excluding hydrogens is 280 g/mol. The van der Waals surface area contributed by atoms with Crippen molar-refractivity contribution in [3.63, 3.8) is 0 Å². The second-order valence-electron chi connectivity index (χ2n) is 4.33. The minimum atomic E-state index is -0.206. The van der Waals surface area contributed by atoms with Crippen LogP contribution >= 0.6 is 15.9 Å². The summed E-state index contributed by atoms with van der Waals surface area (Å²) in [5, 5.41) is 6.32. The molecule has 0 fully saturated rings. The number of nitrogens with one attached hydrogen (secondary N) is 2. The second kappa shape index (κ2) is 5.19. The minimum Gasteiger partial charge on any atom is -0.324 e. The molecular formula is C13H17BrN2O. The van der Waals surface area contributed by atoms with Gasteiger partial charge in [-0.1, -0.05) is 35.8 Å². The first kappa shape index (κ1) is 12.6. The molecule has 0 aliphatic carbocycles. The number of benzene rings is 1. The van der Waals surface area contributed by atoms with Crippen LogP contribution in [0.15, 0.2) is 22.7 Å². The molecule has 1 amide bonds.